The maximum absolute atomic E-state index is 13.0. The molecule has 1 aliphatic carbocycles. The van der Waals surface area contributed by atoms with E-state index in [9.17, 15) is 4.79 Å². The highest BCUT2D eigenvalue weighted by atomic mass is 32.2. The Morgan fingerprint density at radius 3 is 2.69 bits per heavy atom. The molecule has 1 amide bonds. The molecule has 7 heteroatoms. The number of thioether (sulfide) groups is 1. The van der Waals surface area contributed by atoms with Gasteiger partial charge in [-0.25, -0.2) is 0 Å². The highest BCUT2D eigenvalue weighted by Gasteiger charge is 2.46. The maximum atomic E-state index is 13.0. The molecule has 0 aliphatic heterocycles. The summed E-state index contributed by atoms with van der Waals surface area (Å²) in [5, 5.41) is 16.8. The van der Waals surface area contributed by atoms with Crippen molar-refractivity contribution in [2.75, 3.05) is 5.32 Å². The van der Waals surface area contributed by atoms with Crippen LogP contribution in [0.4, 0.5) is 5.69 Å². The first kappa shape index (κ1) is 17.3. The number of nitrogens with one attached hydrogen (secondary N) is 1. The van der Waals surface area contributed by atoms with E-state index in [-0.39, 0.29) is 5.91 Å². The largest absolute Gasteiger partial charge is 0.325 e. The number of amides is 1. The van der Waals surface area contributed by atoms with Crippen LogP contribution in [0.25, 0.3) is 11.4 Å². The number of hydrogen-bond donors (Lipinski definition) is 1. The molecule has 1 N–H and O–H groups in total. The molecule has 4 rings (SSSR count). The molecule has 134 valence electrons. The smallest absolute Gasteiger partial charge is 0.241 e. The van der Waals surface area contributed by atoms with Gasteiger partial charge in [0.2, 0.25) is 5.91 Å². The normalized spacial score (nSPS) is 15.4. The van der Waals surface area contributed by atoms with Crippen molar-refractivity contribution in [1.29, 1.82) is 0 Å². The predicted octanol–water partition coefficient (Wildman–Crippen LogP) is 4.68. The Balaban J connectivity index is 1.58. The molecular weight excluding hydrogens is 364 g/mol. The molecule has 26 heavy (non-hydrogen) atoms. The summed E-state index contributed by atoms with van der Waals surface area (Å²) in [4.78, 5) is 13.0. The van der Waals surface area contributed by atoms with Crippen LogP contribution in [0.3, 0.4) is 0 Å². The molecule has 0 atom stereocenters. The number of para-hydroxylation sites is 1. The molecule has 2 heterocycles. The number of carbonyl (C=O) groups excluding carboxylic acids is 1. The predicted molar refractivity (Wildman–Crippen MR) is 107 cm³/mol. The SMILES string of the molecule is CCn1c(SC2(C(=O)Nc3ccccc3)CCC2)nnc1-c1ccsc1. The number of carbonyl (C=O) groups is 1. The molecule has 2 aromatic heterocycles. The van der Waals surface area contributed by atoms with Crippen molar-refractivity contribution < 1.29 is 4.79 Å². The fourth-order valence-corrected chi connectivity index (χ4v) is 5.10. The lowest BCUT2D eigenvalue weighted by Crippen LogP contribution is -2.46. The van der Waals surface area contributed by atoms with Crippen molar-refractivity contribution >= 4 is 34.7 Å². The van der Waals surface area contributed by atoms with Gasteiger partial charge in [0.25, 0.3) is 0 Å². The third kappa shape index (κ3) is 3.17. The van der Waals surface area contributed by atoms with Crippen LogP contribution in [0.5, 0.6) is 0 Å². The number of nitrogens with zero attached hydrogens (tertiary/aromatic N) is 3. The Bertz CT molecular complexity index is 886. The summed E-state index contributed by atoms with van der Waals surface area (Å²) in [5.74, 6) is 0.928. The summed E-state index contributed by atoms with van der Waals surface area (Å²) < 4.78 is 1.64. The summed E-state index contributed by atoms with van der Waals surface area (Å²) in [6.07, 6.45) is 2.79. The standard InChI is InChI=1S/C19H20N4OS2/c1-2-23-16(14-9-12-25-13-14)21-22-18(23)26-19(10-6-11-19)17(24)20-15-7-4-3-5-8-15/h3-5,7-9,12-13H,2,6,10-11H2,1H3,(H,20,24). The molecule has 0 spiro atoms. The Kier molecular flexibility index (Phi) is 4.82. The molecule has 1 saturated carbocycles. The lowest BCUT2D eigenvalue weighted by atomic mass is 9.83. The van der Waals surface area contributed by atoms with Crippen LogP contribution in [0, 0.1) is 0 Å². The van der Waals surface area contributed by atoms with E-state index in [4.69, 9.17) is 0 Å². The van der Waals surface area contributed by atoms with E-state index >= 15 is 0 Å². The first-order chi connectivity index (χ1) is 12.7. The Morgan fingerprint density at radius 1 is 1.27 bits per heavy atom. The minimum absolute atomic E-state index is 0.0580. The van der Waals surface area contributed by atoms with E-state index in [2.05, 4.69) is 38.5 Å². The quantitative estimate of drug-likeness (QED) is 0.670. The molecule has 0 unspecified atom stereocenters. The third-order valence-corrected chi connectivity index (χ3v) is 6.86. The van der Waals surface area contributed by atoms with E-state index in [0.717, 1.165) is 48.0 Å². The van der Waals surface area contributed by atoms with Gasteiger partial charge in [-0.1, -0.05) is 30.0 Å². The van der Waals surface area contributed by atoms with Gasteiger partial charge >= 0.3 is 0 Å². The van der Waals surface area contributed by atoms with E-state index < -0.39 is 4.75 Å². The molecule has 0 bridgehead atoms. The second-order valence-corrected chi connectivity index (χ2v) is 8.46. The van der Waals surface area contributed by atoms with Gasteiger partial charge in [0, 0.05) is 23.2 Å². The number of thiophene rings is 1. The fraction of sp³-hybridized carbons (Fsp3) is 0.316. The fourth-order valence-electron chi connectivity index (χ4n) is 3.07. The summed E-state index contributed by atoms with van der Waals surface area (Å²) >= 11 is 3.20. The van der Waals surface area contributed by atoms with E-state index in [1.165, 1.54) is 0 Å². The van der Waals surface area contributed by atoms with Crippen molar-refractivity contribution in [2.24, 2.45) is 0 Å². The van der Waals surface area contributed by atoms with Crippen LogP contribution in [-0.2, 0) is 11.3 Å². The van der Waals surface area contributed by atoms with Crippen molar-refractivity contribution in [3.05, 3.63) is 47.2 Å². The van der Waals surface area contributed by atoms with E-state index in [0.29, 0.717) is 0 Å². The van der Waals surface area contributed by atoms with Gasteiger partial charge in [-0.15, -0.1) is 10.2 Å². The minimum Gasteiger partial charge on any atom is -0.325 e. The highest BCUT2D eigenvalue weighted by Crippen LogP contribution is 2.48. The van der Waals surface area contributed by atoms with E-state index in [1.807, 2.05) is 35.7 Å². The number of benzene rings is 1. The summed E-state index contributed by atoms with van der Waals surface area (Å²) in [6, 6.07) is 11.7. The van der Waals surface area contributed by atoms with Crippen LogP contribution in [0.2, 0.25) is 0 Å². The van der Waals surface area contributed by atoms with Crippen molar-refractivity contribution in [3.63, 3.8) is 0 Å². The molecule has 0 saturated heterocycles. The van der Waals surface area contributed by atoms with Gasteiger partial charge in [-0.2, -0.15) is 11.3 Å². The molecular formula is C19H20N4OS2. The summed E-state index contributed by atoms with van der Waals surface area (Å²) in [5.41, 5.74) is 1.91. The lowest BCUT2D eigenvalue weighted by Gasteiger charge is -2.38. The number of aromatic nitrogens is 3. The van der Waals surface area contributed by atoms with Gasteiger partial charge in [-0.05, 0) is 49.8 Å². The maximum Gasteiger partial charge on any atom is 0.241 e. The zero-order chi connectivity index (χ0) is 18.0. The van der Waals surface area contributed by atoms with E-state index in [1.54, 1.807) is 23.1 Å². The third-order valence-electron chi connectivity index (χ3n) is 4.71. The van der Waals surface area contributed by atoms with Gasteiger partial charge in [0.15, 0.2) is 11.0 Å². The second kappa shape index (κ2) is 7.25. The average Bonchev–Trinajstić information content (AvgIpc) is 3.27. The van der Waals surface area contributed by atoms with Crippen molar-refractivity contribution in [1.82, 2.24) is 14.8 Å². The molecule has 0 radical (unpaired) electrons. The monoisotopic (exact) mass is 384 g/mol. The molecule has 5 nitrogen and oxygen atoms in total. The zero-order valence-corrected chi connectivity index (χ0v) is 16.1. The van der Waals surface area contributed by atoms with Crippen LogP contribution in [0.1, 0.15) is 26.2 Å². The molecule has 1 fully saturated rings. The molecule has 1 aliphatic rings. The second-order valence-electron chi connectivity index (χ2n) is 6.33. The number of anilines is 1. The number of rotatable bonds is 6. The Morgan fingerprint density at radius 2 is 2.08 bits per heavy atom. The van der Waals surface area contributed by atoms with Crippen LogP contribution in [0.15, 0.2) is 52.3 Å². The minimum atomic E-state index is -0.457. The van der Waals surface area contributed by atoms with Crippen LogP contribution in [-0.4, -0.2) is 25.4 Å². The van der Waals surface area contributed by atoms with Gasteiger partial charge in [-0.3, -0.25) is 4.79 Å². The first-order valence-corrected chi connectivity index (χ1v) is 10.5. The number of hydrogen-bond acceptors (Lipinski definition) is 5. The van der Waals surface area contributed by atoms with Gasteiger partial charge in [0.1, 0.15) is 4.75 Å². The Labute approximate surface area is 160 Å². The highest BCUT2D eigenvalue weighted by molar-refractivity contribution is 8.01. The molecule has 1 aromatic carbocycles. The van der Waals surface area contributed by atoms with Gasteiger partial charge < -0.3 is 9.88 Å². The lowest BCUT2D eigenvalue weighted by molar-refractivity contribution is -0.120. The van der Waals surface area contributed by atoms with Crippen molar-refractivity contribution in [2.45, 2.75) is 42.6 Å². The first-order valence-electron chi connectivity index (χ1n) is 8.73. The molecule has 3 aromatic rings. The van der Waals surface area contributed by atoms with Crippen LogP contribution < -0.4 is 5.32 Å². The summed E-state index contributed by atoms with van der Waals surface area (Å²) in [7, 11) is 0. The van der Waals surface area contributed by atoms with Gasteiger partial charge in [0.05, 0.1) is 0 Å². The van der Waals surface area contributed by atoms with Crippen molar-refractivity contribution in [3.8, 4) is 11.4 Å². The Hall–Kier alpha value is -2.12. The topological polar surface area (TPSA) is 59.8 Å². The summed E-state index contributed by atoms with van der Waals surface area (Å²) in [6.45, 7) is 2.86. The average molecular weight is 385 g/mol. The van der Waals surface area contributed by atoms with Crippen LogP contribution >= 0.6 is 23.1 Å². The zero-order valence-electron chi connectivity index (χ0n) is 14.5.